The summed E-state index contributed by atoms with van der Waals surface area (Å²) in [5, 5.41) is 18.7. The maximum atomic E-state index is 9.34. The minimum atomic E-state index is -0.256. The van der Waals surface area contributed by atoms with Gasteiger partial charge in [0.1, 0.15) is 0 Å². The first-order chi connectivity index (χ1) is 6.14. The van der Waals surface area contributed by atoms with Gasteiger partial charge >= 0.3 is 0 Å². The lowest BCUT2D eigenvalue weighted by atomic mass is 9.74. The van der Waals surface area contributed by atoms with Gasteiger partial charge in [-0.15, -0.1) is 0 Å². The molecular weight excluding hydrogens is 164 g/mol. The van der Waals surface area contributed by atoms with Crippen LogP contribution in [0.4, 0.5) is 0 Å². The highest BCUT2D eigenvalue weighted by atomic mass is 16.3. The van der Waals surface area contributed by atoms with E-state index in [-0.39, 0.29) is 18.6 Å². The Morgan fingerprint density at radius 1 is 1.46 bits per heavy atom. The second-order valence-electron chi connectivity index (χ2n) is 4.37. The van der Waals surface area contributed by atoms with Crippen molar-refractivity contribution in [3.05, 3.63) is 11.6 Å². The third-order valence-corrected chi connectivity index (χ3v) is 3.51. The van der Waals surface area contributed by atoms with E-state index in [4.69, 9.17) is 0 Å². The van der Waals surface area contributed by atoms with E-state index in [2.05, 4.69) is 19.9 Å². The summed E-state index contributed by atoms with van der Waals surface area (Å²) in [7, 11) is 0. The molecule has 2 N–H and O–H groups in total. The quantitative estimate of drug-likeness (QED) is 0.642. The molecule has 0 radical (unpaired) electrons. The smallest absolute Gasteiger partial charge is 0.0512 e. The lowest BCUT2D eigenvalue weighted by Gasteiger charge is -2.34. The molecule has 0 amide bonds. The minimum absolute atomic E-state index is 0.103. The number of hydrogen-bond donors (Lipinski definition) is 2. The van der Waals surface area contributed by atoms with E-state index in [0.29, 0.717) is 5.92 Å². The summed E-state index contributed by atoms with van der Waals surface area (Å²) in [6.45, 7) is 4.44. The minimum Gasteiger partial charge on any atom is -0.396 e. The first-order valence-corrected chi connectivity index (χ1v) is 5.02. The van der Waals surface area contributed by atoms with Crippen molar-refractivity contribution in [1.29, 1.82) is 0 Å². The summed E-state index contributed by atoms with van der Waals surface area (Å²) in [5.74, 6) is 0.375. The summed E-state index contributed by atoms with van der Waals surface area (Å²) >= 11 is 0. The van der Waals surface area contributed by atoms with Crippen molar-refractivity contribution in [2.24, 2.45) is 11.3 Å². The summed E-state index contributed by atoms with van der Waals surface area (Å²) in [6, 6.07) is 0. The zero-order valence-electron chi connectivity index (χ0n) is 8.58. The Morgan fingerprint density at radius 2 is 2.08 bits per heavy atom. The number of aliphatic hydroxyl groups is 2. The first kappa shape index (κ1) is 10.7. The topological polar surface area (TPSA) is 40.5 Å². The molecule has 1 aliphatic carbocycles. The van der Waals surface area contributed by atoms with Gasteiger partial charge < -0.3 is 10.2 Å². The summed E-state index contributed by atoms with van der Waals surface area (Å²) in [4.78, 5) is 0. The highest BCUT2D eigenvalue weighted by Crippen LogP contribution is 2.38. The molecule has 13 heavy (non-hydrogen) atoms. The van der Waals surface area contributed by atoms with Gasteiger partial charge in [0.05, 0.1) is 13.2 Å². The van der Waals surface area contributed by atoms with Crippen LogP contribution < -0.4 is 0 Å². The molecule has 1 atom stereocenters. The van der Waals surface area contributed by atoms with E-state index in [0.717, 1.165) is 19.3 Å². The van der Waals surface area contributed by atoms with Crippen molar-refractivity contribution in [2.75, 3.05) is 13.2 Å². The van der Waals surface area contributed by atoms with E-state index >= 15 is 0 Å². The lowest BCUT2D eigenvalue weighted by molar-refractivity contribution is 0.00603. The van der Waals surface area contributed by atoms with Crippen molar-refractivity contribution >= 4 is 0 Å². The zero-order chi connectivity index (χ0) is 9.90. The Labute approximate surface area is 80.3 Å². The molecule has 0 saturated carbocycles. The predicted octanol–water partition coefficient (Wildman–Crippen LogP) is 1.72. The van der Waals surface area contributed by atoms with Crippen LogP contribution in [0.15, 0.2) is 11.6 Å². The summed E-state index contributed by atoms with van der Waals surface area (Å²) < 4.78 is 0. The van der Waals surface area contributed by atoms with Gasteiger partial charge in [0.25, 0.3) is 0 Å². The molecule has 0 fully saturated rings. The summed E-state index contributed by atoms with van der Waals surface area (Å²) in [6.07, 6.45) is 5.12. The van der Waals surface area contributed by atoms with Crippen LogP contribution in [0, 0.1) is 11.3 Å². The number of allylic oxidation sites excluding steroid dienone is 2. The van der Waals surface area contributed by atoms with Crippen molar-refractivity contribution in [2.45, 2.75) is 33.1 Å². The number of hydrogen-bond acceptors (Lipinski definition) is 2. The zero-order valence-corrected chi connectivity index (χ0v) is 8.58. The molecule has 1 aliphatic rings. The highest BCUT2D eigenvalue weighted by Gasteiger charge is 2.35. The van der Waals surface area contributed by atoms with Crippen molar-refractivity contribution in [3.8, 4) is 0 Å². The maximum absolute atomic E-state index is 9.34. The molecule has 0 saturated heterocycles. The summed E-state index contributed by atoms with van der Waals surface area (Å²) in [5.41, 5.74) is 1.13. The van der Waals surface area contributed by atoms with Gasteiger partial charge in [0.2, 0.25) is 0 Å². The van der Waals surface area contributed by atoms with Crippen LogP contribution in [0.5, 0.6) is 0 Å². The fourth-order valence-corrected chi connectivity index (χ4v) is 1.94. The normalized spacial score (nSPS) is 28.0. The van der Waals surface area contributed by atoms with E-state index in [1.807, 2.05) is 0 Å². The van der Waals surface area contributed by atoms with E-state index < -0.39 is 0 Å². The molecule has 1 unspecified atom stereocenters. The molecule has 0 aliphatic heterocycles. The van der Waals surface area contributed by atoms with Crippen LogP contribution >= 0.6 is 0 Å². The van der Waals surface area contributed by atoms with Crippen LogP contribution in [0.25, 0.3) is 0 Å². The Kier molecular flexibility index (Phi) is 3.51. The fourth-order valence-electron chi connectivity index (χ4n) is 1.94. The van der Waals surface area contributed by atoms with Crippen LogP contribution in [0.1, 0.15) is 33.1 Å². The predicted molar refractivity (Wildman–Crippen MR) is 53.4 cm³/mol. The second kappa shape index (κ2) is 4.25. The number of aliphatic hydroxyl groups excluding tert-OH is 2. The van der Waals surface area contributed by atoms with Crippen molar-refractivity contribution in [3.63, 3.8) is 0 Å². The Bertz CT molecular complexity index is 192. The van der Waals surface area contributed by atoms with Gasteiger partial charge in [-0.05, 0) is 32.1 Å². The Hall–Kier alpha value is -0.340. The molecule has 76 valence electrons. The molecule has 0 bridgehead atoms. The van der Waals surface area contributed by atoms with E-state index in [1.54, 1.807) is 0 Å². The third kappa shape index (κ3) is 2.12. The van der Waals surface area contributed by atoms with Gasteiger partial charge in [-0.25, -0.2) is 0 Å². The number of rotatable bonds is 2. The molecule has 1 rings (SSSR count). The fraction of sp³-hybridized carbons (Fsp3) is 0.818. The highest BCUT2D eigenvalue weighted by molar-refractivity contribution is 5.05. The van der Waals surface area contributed by atoms with Gasteiger partial charge in [-0.1, -0.05) is 18.6 Å². The molecule has 0 aromatic rings. The van der Waals surface area contributed by atoms with Gasteiger partial charge in [0.15, 0.2) is 0 Å². The second-order valence-corrected chi connectivity index (χ2v) is 4.37. The Morgan fingerprint density at radius 3 is 2.62 bits per heavy atom. The maximum Gasteiger partial charge on any atom is 0.0512 e. The molecule has 0 heterocycles. The standard InChI is InChI=1S/C11H20O2/c1-9-3-4-10(2)11(7-12,8-13)6-5-9/h3,10,12-13H,4-8H2,1-2H3. The molecule has 2 nitrogen and oxygen atoms in total. The molecular formula is C11H20O2. The van der Waals surface area contributed by atoms with Gasteiger partial charge in [0, 0.05) is 5.41 Å². The molecule has 0 aromatic carbocycles. The van der Waals surface area contributed by atoms with Crippen molar-refractivity contribution < 1.29 is 10.2 Å². The van der Waals surface area contributed by atoms with Crippen LogP contribution in [0.3, 0.4) is 0 Å². The average molecular weight is 184 g/mol. The van der Waals surface area contributed by atoms with Crippen LogP contribution in [-0.4, -0.2) is 23.4 Å². The average Bonchev–Trinajstić information content (AvgIpc) is 2.29. The van der Waals surface area contributed by atoms with E-state index in [1.165, 1.54) is 5.57 Å². The van der Waals surface area contributed by atoms with E-state index in [9.17, 15) is 10.2 Å². The van der Waals surface area contributed by atoms with Gasteiger partial charge in [-0.3, -0.25) is 0 Å². The first-order valence-electron chi connectivity index (χ1n) is 5.02. The third-order valence-electron chi connectivity index (χ3n) is 3.51. The molecule has 0 spiro atoms. The monoisotopic (exact) mass is 184 g/mol. The SMILES string of the molecule is CC1=CCC(C)C(CO)(CO)CC1. The van der Waals surface area contributed by atoms with Crippen LogP contribution in [0.2, 0.25) is 0 Å². The largest absolute Gasteiger partial charge is 0.396 e. The Balaban J connectivity index is 2.76. The lowest BCUT2D eigenvalue weighted by Crippen LogP contribution is -2.36. The molecule has 2 heteroatoms. The molecule has 0 aromatic heterocycles. The van der Waals surface area contributed by atoms with Gasteiger partial charge in [-0.2, -0.15) is 0 Å². The van der Waals surface area contributed by atoms with Crippen LogP contribution in [-0.2, 0) is 0 Å². The van der Waals surface area contributed by atoms with Crippen molar-refractivity contribution in [1.82, 2.24) is 0 Å².